The van der Waals surface area contributed by atoms with Crippen molar-refractivity contribution in [3.05, 3.63) is 95.1 Å². The Morgan fingerprint density at radius 1 is 1.03 bits per heavy atom. The number of amides is 1. The molecule has 0 saturated heterocycles. The number of nitrogens with zero attached hydrogens (tertiary/aromatic N) is 2. The van der Waals surface area contributed by atoms with Crippen LogP contribution in [0.2, 0.25) is 0 Å². The first-order valence-electron chi connectivity index (χ1n) is 10.5. The lowest BCUT2D eigenvalue weighted by molar-refractivity contribution is 0.0929. The predicted molar refractivity (Wildman–Crippen MR) is 124 cm³/mol. The van der Waals surface area contributed by atoms with E-state index in [1.54, 1.807) is 6.07 Å². The summed E-state index contributed by atoms with van der Waals surface area (Å²) in [6.07, 6.45) is 1.05. The summed E-state index contributed by atoms with van der Waals surface area (Å²) >= 11 is 1.45. The molecule has 1 aliphatic heterocycles. The summed E-state index contributed by atoms with van der Waals surface area (Å²) in [7, 11) is 0. The van der Waals surface area contributed by atoms with Crippen LogP contribution in [0.25, 0.3) is 0 Å². The van der Waals surface area contributed by atoms with Gasteiger partial charge in [-0.2, -0.15) is 5.26 Å². The Hall–Kier alpha value is -3.07. The van der Waals surface area contributed by atoms with Crippen molar-refractivity contribution in [2.24, 2.45) is 0 Å². The second-order valence-electron chi connectivity index (χ2n) is 7.75. The topological polar surface area (TPSA) is 56.1 Å². The van der Waals surface area contributed by atoms with Gasteiger partial charge in [0.15, 0.2) is 0 Å². The van der Waals surface area contributed by atoms with Gasteiger partial charge in [-0.05, 0) is 48.7 Å². The van der Waals surface area contributed by atoms with Gasteiger partial charge in [-0.1, -0.05) is 60.3 Å². The van der Waals surface area contributed by atoms with Crippen LogP contribution in [0.5, 0.6) is 0 Å². The lowest BCUT2D eigenvalue weighted by atomic mass is 9.99. The molecule has 1 atom stereocenters. The van der Waals surface area contributed by atoms with Crippen LogP contribution in [-0.2, 0) is 13.0 Å². The molecule has 5 heteroatoms. The second kappa shape index (κ2) is 9.82. The number of rotatable bonds is 6. The van der Waals surface area contributed by atoms with E-state index < -0.39 is 0 Å². The Morgan fingerprint density at radius 3 is 2.52 bits per heavy atom. The molecule has 3 aromatic carbocycles. The third-order valence-electron chi connectivity index (χ3n) is 5.70. The van der Waals surface area contributed by atoms with E-state index in [1.165, 1.54) is 22.9 Å². The molecule has 1 N–H and O–H groups in total. The van der Waals surface area contributed by atoms with E-state index in [0.717, 1.165) is 29.3 Å². The van der Waals surface area contributed by atoms with Gasteiger partial charge in [-0.15, -0.1) is 0 Å². The van der Waals surface area contributed by atoms with E-state index in [1.807, 2.05) is 42.5 Å². The molecule has 156 valence electrons. The van der Waals surface area contributed by atoms with Crippen molar-refractivity contribution in [3.8, 4) is 6.07 Å². The highest BCUT2D eigenvalue weighted by Gasteiger charge is 2.21. The van der Waals surface area contributed by atoms with Crippen molar-refractivity contribution in [3.63, 3.8) is 0 Å². The molecule has 0 radical (unpaired) electrons. The Kier molecular flexibility index (Phi) is 6.71. The molecule has 1 aliphatic rings. The molecule has 31 heavy (non-hydrogen) atoms. The summed E-state index contributed by atoms with van der Waals surface area (Å²) < 4.78 is 0. The highest BCUT2D eigenvalue weighted by Crippen LogP contribution is 2.32. The summed E-state index contributed by atoms with van der Waals surface area (Å²) in [6, 6.07) is 26.1. The third-order valence-corrected chi connectivity index (χ3v) is 6.85. The van der Waals surface area contributed by atoms with Crippen molar-refractivity contribution in [2.75, 3.05) is 13.1 Å². The van der Waals surface area contributed by atoms with Crippen LogP contribution in [0.15, 0.2) is 82.6 Å². The summed E-state index contributed by atoms with van der Waals surface area (Å²) in [5.41, 5.74) is 4.06. The number of nitriles is 1. The van der Waals surface area contributed by atoms with Gasteiger partial charge in [0.2, 0.25) is 0 Å². The molecule has 0 spiro atoms. The quantitative estimate of drug-likeness (QED) is 0.609. The van der Waals surface area contributed by atoms with Crippen LogP contribution in [0.4, 0.5) is 0 Å². The summed E-state index contributed by atoms with van der Waals surface area (Å²) in [5.74, 6) is -0.0817. The van der Waals surface area contributed by atoms with Crippen molar-refractivity contribution in [1.29, 1.82) is 5.26 Å². The van der Waals surface area contributed by atoms with Crippen LogP contribution in [0.3, 0.4) is 0 Å². The molecule has 0 saturated carbocycles. The number of hydrogen-bond acceptors (Lipinski definition) is 4. The van der Waals surface area contributed by atoms with Crippen LogP contribution in [-0.4, -0.2) is 29.9 Å². The van der Waals surface area contributed by atoms with E-state index >= 15 is 0 Å². The molecule has 0 aromatic heterocycles. The van der Waals surface area contributed by atoms with Gasteiger partial charge in [0, 0.05) is 35.5 Å². The summed E-state index contributed by atoms with van der Waals surface area (Å²) in [5, 5.41) is 12.5. The van der Waals surface area contributed by atoms with Crippen molar-refractivity contribution in [1.82, 2.24) is 10.2 Å². The lowest BCUT2D eigenvalue weighted by Crippen LogP contribution is -2.44. The van der Waals surface area contributed by atoms with Gasteiger partial charge in [-0.3, -0.25) is 9.69 Å². The van der Waals surface area contributed by atoms with Gasteiger partial charge in [0.05, 0.1) is 11.1 Å². The molecule has 4 nitrogen and oxygen atoms in total. The zero-order valence-electron chi connectivity index (χ0n) is 17.5. The fraction of sp³-hybridized carbons (Fsp3) is 0.231. The highest BCUT2D eigenvalue weighted by atomic mass is 32.2. The minimum absolute atomic E-state index is 0.0817. The molecular formula is C26H25N3OS. The fourth-order valence-electron chi connectivity index (χ4n) is 3.87. The monoisotopic (exact) mass is 427 g/mol. The smallest absolute Gasteiger partial charge is 0.252 e. The molecule has 0 bridgehead atoms. The number of carbonyl (C=O) groups excluding carboxylic acids is 1. The van der Waals surface area contributed by atoms with Crippen molar-refractivity contribution in [2.45, 2.75) is 35.7 Å². The molecule has 3 aromatic rings. The van der Waals surface area contributed by atoms with Gasteiger partial charge in [-0.25, -0.2) is 0 Å². The molecule has 1 unspecified atom stereocenters. The minimum atomic E-state index is -0.0817. The maximum atomic E-state index is 13.0. The zero-order chi connectivity index (χ0) is 21.6. The van der Waals surface area contributed by atoms with Gasteiger partial charge >= 0.3 is 0 Å². The first-order chi connectivity index (χ1) is 15.2. The van der Waals surface area contributed by atoms with Gasteiger partial charge in [0.1, 0.15) is 6.07 Å². The van der Waals surface area contributed by atoms with E-state index in [2.05, 4.69) is 47.5 Å². The minimum Gasteiger partial charge on any atom is -0.350 e. The van der Waals surface area contributed by atoms with Crippen molar-refractivity contribution < 1.29 is 4.79 Å². The molecule has 0 fully saturated rings. The normalized spacial score (nSPS) is 14.3. The average molecular weight is 428 g/mol. The zero-order valence-corrected chi connectivity index (χ0v) is 18.4. The molecule has 4 rings (SSSR count). The van der Waals surface area contributed by atoms with Crippen LogP contribution in [0.1, 0.15) is 34.0 Å². The number of carbonyl (C=O) groups is 1. The third kappa shape index (κ3) is 4.99. The van der Waals surface area contributed by atoms with Crippen LogP contribution < -0.4 is 5.32 Å². The predicted octanol–water partition coefficient (Wildman–Crippen LogP) is 4.89. The number of nitrogens with one attached hydrogen (secondary N) is 1. The first kappa shape index (κ1) is 21.2. The van der Waals surface area contributed by atoms with Crippen molar-refractivity contribution >= 4 is 17.7 Å². The molecular weight excluding hydrogens is 402 g/mol. The molecule has 1 heterocycles. The Labute approximate surface area is 187 Å². The number of hydrogen-bond donors (Lipinski definition) is 1. The lowest BCUT2D eigenvalue weighted by Gasteiger charge is -2.33. The second-order valence-corrected chi connectivity index (χ2v) is 8.84. The van der Waals surface area contributed by atoms with Gasteiger partial charge < -0.3 is 5.32 Å². The maximum Gasteiger partial charge on any atom is 0.252 e. The highest BCUT2D eigenvalue weighted by molar-refractivity contribution is 7.99. The largest absolute Gasteiger partial charge is 0.350 e. The van der Waals surface area contributed by atoms with Crippen LogP contribution in [0, 0.1) is 11.3 Å². The van der Waals surface area contributed by atoms with E-state index in [4.69, 9.17) is 0 Å². The van der Waals surface area contributed by atoms with Crippen LogP contribution >= 0.6 is 11.8 Å². The first-order valence-corrected chi connectivity index (χ1v) is 11.3. The maximum absolute atomic E-state index is 13.0. The number of fused-ring (bicyclic) bond motifs is 1. The SMILES string of the molecule is CC(CNC(=O)c1ccccc1Sc1ccccc1C#N)N1CCc2ccccc2C1. The van der Waals surface area contributed by atoms with Gasteiger partial charge in [0.25, 0.3) is 5.91 Å². The molecule has 1 amide bonds. The van der Waals surface area contributed by atoms with E-state index in [-0.39, 0.29) is 11.9 Å². The Bertz CT molecular complexity index is 1120. The fourth-order valence-corrected chi connectivity index (χ4v) is 4.89. The Morgan fingerprint density at radius 2 is 1.71 bits per heavy atom. The summed E-state index contributed by atoms with van der Waals surface area (Å²) in [4.78, 5) is 17.1. The van der Waals surface area contributed by atoms with E-state index in [0.29, 0.717) is 17.7 Å². The van der Waals surface area contributed by atoms with E-state index in [9.17, 15) is 10.1 Å². The average Bonchev–Trinajstić information content (AvgIpc) is 2.82. The number of benzene rings is 3. The Balaban J connectivity index is 1.41. The standard InChI is InChI=1S/C26H25N3OS/c1-19(29-15-14-20-8-2-3-10-22(20)18-29)17-28-26(30)23-11-5-7-13-25(23)31-24-12-6-4-9-21(24)16-27/h2-13,19H,14-15,17-18H2,1H3,(H,28,30). The molecule has 0 aliphatic carbocycles. The summed E-state index contributed by atoms with van der Waals surface area (Å²) in [6.45, 7) is 4.68.